The van der Waals surface area contributed by atoms with Crippen LogP contribution in [-0.4, -0.2) is 16.8 Å². The number of aliphatic hydroxyl groups is 1. The maximum absolute atomic E-state index is 9.77. The zero-order chi connectivity index (χ0) is 10.9. The number of hydrogen-bond donors (Lipinski definition) is 3. The number of nitrogens with two attached hydrogens (primary N) is 1. The van der Waals surface area contributed by atoms with Crippen LogP contribution < -0.4 is 5.73 Å². The molecule has 78 valence electrons. The highest BCUT2D eigenvalue weighted by Gasteiger charge is 2.15. The minimum Gasteiger partial charge on any atom is -0.506 e. The van der Waals surface area contributed by atoms with Crippen molar-refractivity contribution in [3.63, 3.8) is 0 Å². The summed E-state index contributed by atoms with van der Waals surface area (Å²) >= 11 is 3.29. The van der Waals surface area contributed by atoms with Crippen molar-refractivity contribution in [3.05, 3.63) is 27.2 Å². The van der Waals surface area contributed by atoms with Crippen molar-refractivity contribution in [2.75, 3.05) is 6.61 Å². The van der Waals surface area contributed by atoms with Gasteiger partial charge in [0.1, 0.15) is 5.75 Å². The molecule has 14 heavy (non-hydrogen) atoms. The molecule has 4 N–H and O–H groups in total. The predicted octanol–water partition coefficient (Wildman–Crippen LogP) is 1.76. The number of phenolic OH excluding ortho intramolecular Hbond substituents is 1. The Morgan fingerprint density at radius 2 is 2.07 bits per heavy atom. The second-order valence-electron chi connectivity index (χ2n) is 3.36. The molecule has 0 aromatic heterocycles. The third-order valence-electron chi connectivity index (χ3n) is 2.37. The van der Waals surface area contributed by atoms with Crippen LogP contribution in [0.1, 0.15) is 22.7 Å². The average molecular weight is 260 g/mol. The highest BCUT2D eigenvalue weighted by molar-refractivity contribution is 9.10. The van der Waals surface area contributed by atoms with Crippen LogP contribution in [0.4, 0.5) is 0 Å². The summed E-state index contributed by atoms with van der Waals surface area (Å²) in [6, 6.07) is 1.27. The average Bonchev–Trinajstić information content (AvgIpc) is 2.19. The molecule has 0 spiro atoms. The molecule has 0 saturated heterocycles. The molecule has 0 aliphatic heterocycles. The van der Waals surface area contributed by atoms with Gasteiger partial charge < -0.3 is 15.9 Å². The zero-order valence-corrected chi connectivity index (χ0v) is 9.80. The van der Waals surface area contributed by atoms with E-state index in [1.54, 1.807) is 6.07 Å². The molecule has 0 bridgehead atoms. The lowest BCUT2D eigenvalue weighted by molar-refractivity contribution is 0.265. The monoisotopic (exact) mass is 259 g/mol. The predicted molar refractivity (Wildman–Crippen MR) is 59.3 cm³/mol. The number of aromatic hydroxyl groups is 1. The lowest BCUT2D eigenvalue weighted by atomic mass is 10.0. The molecule has 0 aliphatic rings. The van der Waals surface area contributed by atoms with Gasteiger partial charge in [0, 0.05) is 5.56 Å². The third-order valence-corrected chi connectivity index (χ3v) is 3.34. The van der Waals surface area contributed by atoms with Gasteiger partial charge in [-0.15, -0.1) is 0 Å². The summed E-state index contributed by atoms with van der Waals surface area (Å²) < 4.78 is 0.649. The molecule has 0 amide bonds. The molecule has 1 unspecified atom stereocenters. The molecule has 1 aromatic rings. The van der Waals surface area contributed by atoms with Crippen molar-refractivity contribution in [1.82, 2.24) is 0 Å². The first-order valence-corrected chi connectivity index (χ1v) is 5.13. The Kier molecular flexibility index (Phi) is 3.53. The second kappa shape index (κ2) is 4.29. The Morgan fingerprint density at radius 3 is 2.57 bits per heavy atom. The number of rotatable bonds is 2. The van der Waals surface area contributed by atoms with E-state index in [1.807, 2.05) is 13.8 Å². The highest BCUT2D eigenvalue weighted by atomic mass is 79.9. The van der Waals surface area contributed by atoms with Gasteiger partial charge in [0.2, 0.25) is 0 Å². The number of phenols is 1. The Morgan fingerprint density at radius 1 is 1.50 bits per heavy atom. The maximum atomic E-state index is 9.77. The van der Waals surface area contributed by atoms with Gasteiger partial charge in [0.15, 0.2) is 0 Å². The van der Waals surface area contributed by atoms with Crippen LogP contribution in [0.3, 0.4) is 0 Å². The number of aryl methyl sites for hydroxylation is 1. The van der Waals surface area contributed by atoms with Crippen LogP contribution in [0, 0.1) is 13.8 Å². The quantitative estimate of drug-likeness (QED) is 0.759. The Bertz CT molecular complexity index is 352. The molecule has 1 atom stereocenters. The Balaban J connectivity index is 3.33. The Labute approximate surface area is 91.7 Å². The first-order valence-electron chi connectivity index (χ1n) is 4.34. The molecule has 1 aromatic carbocycles. The number of aliphatic hydroxyl groups excluding tert-OH is 1. The molecule has 0 heterocycles. The van der Waals surface area contributed by atoms with E-state index in [4.69, 9.17) is 10.8 Å². The maximum Gasteiger partial charge on any atom is 0.134 e. The van der Waals surface area contributed by atoms with Gasteiger partial charge in [0.05, 0.1) is 17.1 Å². The van der Waals surface area contributed by atoms with E-state index in [9.17, 15) is 5.11 Å². The van der Waals surface area contributed by atoms with Gasteiger partial charge in [-0.25, -0.2) is 0 Å². The largest absolute Gasteiger partial charge is 0.506 e. The first-order chi connectivity index (χ1) is 6.49. The smallest absolute Gasteiger partial charge is 0.134 e. The van der Waals surface area contributed by atoms with Gasteiger partial charge in [-0.05, 0) is 40.9 Å². The van der Waals surface area contributed by atoms with Gasteiger partial charge >= 0.3 is 0 Å². The van der Waals surface area contributed by atoms with Crippen LogP contribution in [-0.2, 0) is 0 Å². The highest BCUT2D eigenvalue weighted by Crippen LogP contribution is 2.35. The summed E-state index contributed by atoms with van der Waals surface area (Å²) in [6.45, 7) is 3.67. The van der Waals surface area contributed by atoms with E-state index in [-0.39, 0.29) is 12.4 Å². The van der Waals surface area contributed by atoms with Gasteiger partial charge in [0.25, 0.3) is 0 Å². The van der Waals surface area contributed by atoms with Gasteiger partial charge in [-0.1, -0.05) is 6.07 Å². The zero-order valence-electron chi connectivity index (χ0n) is 8.21. The fourth-order valence-corrected chi connectivity index (χ4v) is 1.81. The van der Waals surface area contributed by atoms with Gasteiger partial charge in [-0.2, -0.15) is 0 Å². The molecular weight excluding hydrogens is 246 g/mol. The van der Waals surface area contributed by atoms with E-state index in [2.05, 4.69) is 15.9 Å². The van der Waals surface area contributed by atoms with E-state index < -0.39 is 6.04 Å². The van der Waals surface area contributed by atoms with E-state index in [0.717, 1.165) is 11.1 Å². The normalized spacial score (nSPS) is 12.9. The lowest BCUT2D eigenvalue weighted by Gasteiger charge is -2.15. The SMILES string of the molecule is Cc1cc(C(N)CO)c(O)c(Br)c1C. The van der Waals surface area contributed by atoms with Crippen LogP contribution in [0.2, 0.25) is 0 Å². The summed E-state index contributed by atoms with van der Waals surface area (Å²) in [5, 5.41) is 18.7. The van der Waals surface area contributed by atoms with Crippen molar-refractivity contribution >= 4 is 15.9 Å². The fourth-order valence-electron chi connectivity index (χ4n) is 1.27. The number of hydrogen-bond acceptors (Lipinski definition) is 3. The minimum atomic E-state index is -0.536. The summed E-state index contributed by atoms with van der Waals surface area (Å²) in [5.74, 6) is 0.120. The van der Waals surface area contributed by atoms with Gasteiger partial charge in [-0.3, -0.25) is 0 Å². The molecule has 4 heteroatoms. The van der Waals surface area contributed by atoms with Crippen molar-refractivity contribution in [1.29, 1.82) is 0 Å². The topological polar surface area (TPSA) is 66.5 Å². The van der Waals surface area contributed by atoms with E-state index >= 15 is 0 Å². The number of halogens is 1. The molecule has 1 rings (SSSR count). The Hall–Kier alpha value is -0.580. The lowest BCUT2D eigenvalue weighted by Crippen LogP contribution is -2.15. The summed E-state index contributed by atoms with van der Waals surface area (Å²) in [4.78, 5) is 0. The standard InChI is InChI=1S/C10H14BrNO2/c1-5-3-7(8(12)4-13)10(14)9(11)6(5)2/h3,8,13-14H,4,12H2,1-2H3. The molecule has 0 fully saturated rings. The fraction of sp³-hybridized carbons (Fsp3) is 0.400. The van der Waals surface area contributed by atoms with E-state index in [0.29, 0.717) is 10.0 Å². The van der Waals surface area contributed by atoms with Crippen molar-refractivity contribution in [2.45, 2.75) is 19.9 Å². The third kappa shape index (κ3) is 1.92. The molecule has 3 nitrogen and oxygen atoms in total. The molecule has 0 aliphatic carbocycles. The molecule has 0 saturated carbocycles. The summed E-state index contributed by atoms with van der Waals surface area (Å²) in [5.41, 5.74) is 8.24. The molecule has 0 radical (unpaired) electrons. The molecular formula is C10H14BrNO2. The second-order valence-corrected chi connectivity index (χ2v) is 4.15. The van der Waals surface area contributed by atoms with Crippen molar-refractivity contribution in [3.8, 4) is 5.75 Å². The van der Waals surface area contributed by atoms with E-state index in [1.165, 1.54) is 0 Å². The van der Waals surface area contributed by atoms with Crippen molar-refractivity contribution < 1.29 is 10.2 Å². The van der Waals surface area contributed by atoms with Crippen LogP contribution in [0.15, 0.2) is 10.5 Å². The van der Waals surface area contributed by atoms with Crippen molar-refractivity contribution in [2.24, 2.45) is 5.73 Å². The summed E-state index contributed by atoms with van der Waals surface area (Å²) in [6.07, 6.45) is 0. The van der Waals surface area contributed by atoms with Crippen LogP contribution >= 0.6 is 15.9 Å². The number of benzene rings is 1. The minimum absolute atomic E-state index is 0.120. The van der Waals surface area contributed by atoms with Crippen LogP contribution in [0.5, 0.6) is 5.75 Å². The van der Waals surface area contributed by atoms with Crippen LogP contribution in [0.25, 0.3) is 0 Å². The summed E-state index contributed by atoms with van der Waals surface area (Å²) in [7, 11) is 0. The first kappa shape index (κ1) is 11.5.